The quantitative estimate of drug-likeness (QED) is 0.657. The standard InChI is InChI=1S/C18H24FIN2O2/c1-12(2)11-24-18(23)21-6-4-15(5-7-21)22-8-3-13-9-14(20)10-16(19)17(13)22/h9-10,12,15H,3-8,11H2,1-2H3. The molecule has 132 valence electrons. The number of piperidine rings is 1. The molecule has 0 bridgehead atoms. The summed E-state index contributed by atoms with van der Waals surface area (Å²) in [6.07, 6.45) is 2.41. The number of carbonyl (C=O) groups excluding carboxylic acids is 1. The van der Waals surface area contributed by atoms with E-state index in [2.05, 4.69) is 33.6 Å². The summed E-state index contributed by atoms with van der Waals surface area (Å²) in [7, 11) is 0. The highest BCUT2D eigenvalue weighted by molar-refractivity contribution is 14.1. The molecular weight excluding hydrogens is 422 g/mol. The number of fused-ring (bicyclic) bond motifs is 1. The third-order valence-electron chi connectivity index (χ3n) is 4.72. The number of rotatable bonds is 3. The Morgan fingerprint density at radius 3 is 2.71 bits per heavy atom. The van der Waals surface area contributed by atoms with Gasteiger partial charge in [-0.05, 0) is 65.5 Å². The van der Waals surface area contributed by atoms with Gasteiger partial charge in [-0.2, -0.15) is 0 Å². The van der Waals surface area contributed by atoms with Crippen LogP contribution >= 0.6 is 22.6 Å². The molecule has 0 saturated carbocycles. The Kier molecular flexibility index (Phi) is 5.52. The van der Waals surface area contributed by atoms with Crippen LogP contribution in [0.25, 0.3) is 0 Å². The lowest BCUT2D eigenvalue weighted by Gasteiger charge is -2.37. The summed E-state index contributed by atoms with van der Waals surface area (Å²) in [5.74, 6) is 0.228. The first-order valence-corrected chi connectivity index (χ1v) is 9.70. The molecule has 24 heavy (non-hydrogen) atoms. The van der Waals surface area contributed by atoms with Crippen LogP contribution in [0.3, 0.4) is 0 Å². The lowest BCUT2D eigenvalue weighted by Crippen LogP contribution is -2.46. The fraction of sp³-hybridized carbons (Fsp3) is 0.611. The SMILES string of the molecule is CC(C)COC(=O)N1CCC(N2CCc3cc(I)cc(F)c32)CC1. The summed E-state index contributed by atoms with van der Waals surface area (Å²) in [6, 6.07) is 3.99. The zero-order chi connectivity index (χ0) is 17.3. The second kappa shape index (κ2) is 7.45. The molecule has 1 amide bonds. The molecule has 1 saturated heterocycles. The highest BCUT2D eigenvalue weighted by Crippen LogP contribution is 2.36. The van der Waals surface area contributed by atoms with E-state index in [0.717, 1.165) is 40.6 Å². The Morgan fingerprint density at radius 1 is 1.33 bits per heavy atom. The largest absolute Gasteiger partial charge is 0.449 e. The number of benzene rings is 1. The molecule has 0 spiro atoms. The van der Waals surface area contributed by atoms with Gasteiger partial charge >= 0.3 is 6.09 Å². The van der Waals surface area contributed by atoms with Gasteiger partial charge in [-0.3, -0.25) is 0 Å². The van der Waals surface area contributed by atoms with E-state index in [0.29, 0.717) is 31.7 Å². The minimum Gasteiger partial charge on any atom is -0.449 e. The molecule has 1 aromatic carbocycles. The van der Waals surface area contributed by atoms with E-state index in [4.69, 9.17) is 4.74 Å². The van der Waals surface area contributed by atoms with E-state index in [9.17, 15) is 9.18 Å². The molecule has 1 aromatic rings. The Balaban J connectivity index is 1.60. The average molecular weight is 446 g/mol. The van der Waals surface area contributed by atoms with Gasteiger partial charge in [0.15, 0.2) is 0 Å². The van der Waals surface area contributed by atoms with Crippen LogP contribution in [0.15, 0.2) is 12.1 Å². The van der Waals surface area contributed by atoms with Crippen molar-refractivity contribution in [3.05, 3.63) is 27.1 Å². The lowest BCUT2D eigenvalue weighted by atomic mass is 10.0. The molecule has 2 aliphatic heterocycles. The minimum atomic E-state index is -0.218. The zero-order valence-corrected chi connectivity index (χ0v) is 16.4. The molecule has 2 heterocycles. The molecule has 0 atom stereocenters. The van der Waals surface area contributed by atoms with Gasteiger partial charge in [0.2, 0.25) is 0 Å². The van der Waals surface area contributed by atoms with Crippen molar-refractivity contribution < 1.29 is 13.9 Å². The highest BCUT2D eigenvalue weighted by Gasteiger charge is 2.33. The predicted octanol–water partition coefficient (Wildman–Crippen LogP) is 4.05. The van der Waals surface area contributed by atoms with Crippen LogP contribution in [0.1, 0.15) is 32.3 Å². The van der Waals surface area contributed by atoms with Gasteiger partial charge in [-0.15, -0.1) is 0 Å². The van der Waals surface area contributed by atoms with Crippen molar-refractivity contribution in [3.8, 4) is 0 Å². The molecule has 4 nitrogen and oxygen atoms in total. The Morgan fingerprint density at radius 2 is 2.04 bits per heavy atom. The van der Waals surface area contributed by atoms with Crippen LogP contribution in [-0.4, -0.2) is 43.3 Å². The lowest BCUT2D eigenvalue weighted by molar-refractivity contribution is 0.0833. The summed E-state index contributed by atoms with van der Waals surface area (Å²) < 4.78 is 20.7. The number of halogens is 2. The van der Waals surface area contributed by atoms with Crippen molar-refractivity contribution in [1.29, 1.82) is 0 Å². The van der Waals surface area contributed by atoms with Crippen molar-refractivity contribution in [2.24, 2.45) is 5.92 Å². The van der Waals surface area contributed by atoms with E-state index in [1.54, 1.807) is 11.0 Å². The van der Waals surface area contributed by atoms with Crippen LogP contribution in [-0.2, 0) is 11.2 Å². The van der Waals surface area contributed by atoms with Gasteiger partial charge in [0.05, 0.1) is 12.3 Å². The van der Waals surface area contributed by atoms with Crippen molar-refractivity contribution in [1.82, 2.24) is 4.90 Å². The fourth-order valence-electron chi connectivity index (χ4n) is 3.54. The number of anilines is 1. The average Bonchev–Trinajstić information content (AvgIpc) is 2.96. The van der Waals surface area contributed by atoms with Gasteiger partial charge in [0, 0.05) is 29.2 Å². The van der Waals surface area contributed by atoms with Crippen molar-refractivity contribution in [2.45, 2.75) is 39.2 Å². The normalized spacial score (nSPS) is 18.2. The molecule has 3 rings (SSSR count). The summed E-state index contributed by atoms with van der Waals surface area (Å²) in [6.45, 7) is 6.75. The number of amides is 1. The maximum atomic E-state index is 14.4. The number of nitrogens with zero attached hydrogens (tertiary/aromatic N) is 2. The van der Waals surface area contributed by atoms with Crippen LogP contribution < -0.4 is 4.90 Å². The van der Waals surface area contributed by atoms with Gasteiger partial charge in [-0.25, -0.2) is 9.18 Å². The molecule has 0 unspecified atom stereocenters. The van der Waals surface area contributed by atoms with Crippen molar-refractivity contribution in [3.63, 3.8) is 0 Å². The van der Waals surface area contributed by atoms with Gasteiger partial charge in [0.25, 0.3) is 0 Å². The Bertz CT molecular complexity index is 615. The smallest absolute Gasteiger partial charge is 0.409 e. The maximum Gasteiger partial charge on any atom is 0.409 e. The molecular formula is C18H24FIN2O2. The molecule has 0 aromatic heterocycles. The molecule has 1 fully saturated rings. The van der Waals surface area contributed by atoms with Gasteiger partial charge in [0.1, 0.15) is 5.82 Å². The molecule has 0 N–H and O–H groups in total. The van der Waals surface area contributed by atoms with Gasteiger partial charge < -0.3 is 14.5 Å². The molecule has 6 heteroatoms. The van der Waals surface area contributed by atoms with E-state index in [1.165, 1.54) is 0 Å². The number of hydrogen-bond acceptors (Lipinski definition) is 3. The van der Waals surface area contributed by atoms with Crippen LogP contribution in [0.4, 0.5) is 14.9 Å². The number of carbonyl (C=O) groups is 1. The summed E-state index contributed by atoms with van der Waals surface area (Å²) in [5.41, 5.74) is 1.88. The van der Waals surface area contributed by atoms with Crippen molar-refractivity contribution in [2.75, 3.05) is 31.1 Å². The van der Waals surface area contributed by atoms with E-state index < -0.39 is 0 Å². The van der Waals surface area contributed by atoms with Crippen LogP contribution in [0.5, 0.6) is 0 Å². The van der Waals surface area contributed by atoms with Gasteiger partial charge in [-0.1, -0.05) is 13.8 Å². The highest BCUT2D eigenvalue weighted by atomic mass is 127. The third kappa shape index (κ3) is 3.78. The first-order valence-electron chi connectivity index (χ1n) is 8.62. The third-order valence-corrected chi connectivity index (χ3v) is 5.34. The number of likely N-dealkylation sites (tertiary alicyclic amines) is 1. The monoisotopic (exact) mass is 446 g/mol. The van der Waals surface area contributed by atoms with Crippen molar-refractivity contribution >= 4 is 34.4 Å². The second-order valence-electron chi connectivity index (χ2n) is 7.03. The molecule has 0 aliphatic carbocycles. The molecule has 2 aliphatic rings. The summed E-state index contributed by atoms with van der Waals surface area (Å²) >= 11 is 2.17. The summed E-state index contributed by atoms with van der Waals surface area (Å²) in [4.78, 5) is 16.0. The van der Waals surface area contributed by atoms with Crippen LogP contribution in [0, 0.1) is 15.3 Å². The van der Waals surface area contributed by atoms with E-state index >= 15 is 0 Å². The minimum absolute atomic E-state index is 0.117. The number of ether oxygens (including phenoxy) is 1. The predicted molar refractivity (Wildman–Crippen MR) is 101 cm³/mol. The molecule has 0 radical (unpaired) electrons. The first kappa shape index (κ1) is 17.8. The van der Waals surface area contributed by atoms with E-state index in [-0.39, 0.29) is 11.9 Å². The van der Waals surface area contributed by atoms with Crippen LogP contribution in [0.2, 0.25) is 0 Å². The number of hydrogen-bond donors (Lipinski definition) is 0. The Hall–Kier alpha value is -1.05. The summed E-state index contributed by atoms with van der Waals surface area (Å²) in [5, 5.41) is 0. The topological polar surface area (TPSA) is 32.8 Å². The second-order valence-corrected chi connectivity index (χ2v) is 8.27. The first-order chi connectivity index (χ1) is 11.5. The Labute approximate surface area is 156 Å². The van der Waals surface area contributed by atoms with E-state index in [1.807, 2.05) is 13.8 Å². The fourth-order valence-corrected chi connectivity index (χ4v) is 4.19. The zero-order valence-electron chi connectivity index (χ0n) is 14.2. The maximum absolute atomic E-state index is 14.4.